The number of nitrogens with zero attached hydrogens (tertiary/aromatic N) is 4. The molecule has 0 saturated carbocycles. The molecule has 86 valence electrons. The summed E-state index contributed by atoms with van der Waals surface area (Å²) in [4.78, 5) is 10.7. The van der Waals surface area contributed by atoms with Gasteiger partial charge in [0, 0.05) is 32.9 Å². The van der Waals surface area contributed by atoms with Crippen molar-refractivity contribution in [3.05, 3.63) is 18.5 Å². The predicted molar refractivity (Wildman–Crippen MR) is 65.4 cm³/mol. The molecule has 0 amide bonds. The molecule has 0 spiro atoms. The van der Waals surface area contributed by atoms with Crippen LogP contribution in [0.5, 0.6) is 0 Å². The van der Waals surface area contributed by atoms with Crippen LogP contribution in [0.2, 0.25) is 0 Å². The maximum Gasteiger partial charge on any atom is 0.206 e. The molecule has 0 radical (unpaired) electrons. The van der Waals surface area contributed by atoms with Crippen LogP contribution in [0.25, 0.3) is 11.0 Å². The van der Waals surface area contributed by atoms with Gasteiger partial charge in [-0.3, -0.25) is 4.98 Å². The molecular weight excluding hydrogens is 202 g/mol. The Balaban J connectivity index is 2.49. The molecule has 0 aliphatic carbocycles. The molecule has 1 atom stereocenters. The van der Waals surface area contributed by atoms with Gasteiger partial charge in [0.25, 0.3) is 0 Å². The fraction of sp³-hybridized carbons (Fsp3) is 0.455. The third kappa shape index (κ3) is 1.63. The topological polar surface area (TPSA) is 60.0 Å². The summed E-state index contributed by atoms with van der Waals surface area (Å²) in [6.07, 6.45) is 3.56. The molecule has 2 aromatic heterocycles. The molecule has 1 unspecified atom stereocenters. The Labute approximate surface area is 94.9 Å². The van der Waals surface area contributed by atoms with Crippen molar-refractivity contribution in [2.24, 2.45) is 12.8 Å². The number of aromatic nitrogens is 3. The van der Waals surface area contributed by atoms with E-state index in [9.17, 15) is 0 Å². The van der Waals surface area contributed by atoms with E-state index in [0.29, 0.717) is 6.54 Å². The number of anilines is 1. The third-order valence-electron chi connectivity index (χ3n) is 2.98. The van der Waals surface area contributed by atoms with E-state index in [4.69, 9.17) is 5.73 Å². The van der Waals surface area contributed by atoms with Crippen molar-refractivity contribution in [3.63, 3.8) is 0 Å². The molecule has 0 aliphatic rings. The standard InChI is InChI=1S/C11H17N5/c1-8(6-12)15(2)11-14-9-7-13-5-4-10(9)16(11)3/h4-5,7-8H,6,12H2,1-3H3. The van der Waals surface area contributed by atoms with Crippen LogP contribution >= 0.6 is 0 Å². The predicted octanol–water partition coefficient (Wildman–Crippen LogP) is 0.752. The molecule has 2 N–H and O–H groups in total. The molecule has 2 rings (SSSR count). The summed E-state index contributed by atoms with van der Waals surface area (Å²) in [7, 11) is 4.01. The highest BCUT2D eigenvalue weighted by molar-refractivity contribution is 5.77. The lowest BCUT2D eigenvalue weighted by Crippen LogP contribution is -2.36. The average Bonchev–Trinajstić information content (AvgIpc) is 2.65. The molecule has 0 bridgehead atoms. The number of pyridine rings is 1. The lowest BCUT2D eigenvalue weighted by atomic mass is 10.3. The second kappa shape index (κ2) is 4.09. The van der Waals surface area contributed by atoms with Crippen LogP contribution in [0.4, 0.5) is 5.95 Å². The molecule has 5 heteroatoms. The minimum atomic E-state index is 0.267. The maximum atomic E-state index is 5.66. The van der Waals surface area contributed by atoms with Crippen LogP contribution in [0.1, 0.15) is 6.92 Å². The van der Waals surface area contributed by atoms with Gasteiger partial charge in [-0.05, 0) is 13.0 Å². The Bertz CT molecular complexity index is 490. The van der Waals surface area contributed by atoms with Gasteiger partial charge in [-0.2, -0.15) is 0 Å². The Hall–Kier alpha value is -1.62. The molecule has 0 fully saturated rings. The highest BCUT2D eigenvalue weighted by atomic mass is 15.3. The molecule has 0 saturated heterocycles. The van der Waals surface area contributed by atoms with Gasteiger partial charge in [0.2, 0.25) is 5.95 Å². The summed E-state index contributed by atoms with van der Waals surface area (Å²) in [6, 6.07) is 2.23. The van der Waals surface area contributed by atoms with Gasteiger partial charge < -0.3 is 15.2 Å². The molecule has 2 heterocycles. The molecule has 16 heavy (non-hydrogen) atoms. The summed E-state index contributed by atoms with van der Waals surface area (Å²) < 4.78 is 2.06. The summed E-state index contributed by atoms with van der Waals surface area (Å²) in [5.74, 6) is 0.918. The second-order valence-corrected chi connectivity index (χ2v) is 4.03. The number of nitrogens with two attached hydrogens (primary N) is 1. The first-order chi connectivity index (χ1) is 7.65. The molecule has 2 aromatic rings. The van der Waals surface area contributed by atoms with E-state index < -0.39 is 0 Å². The van der Waals surface area contributed by atoms with Gasteiger partial charge in [-0.1, -0.05) is 0 Å². The van der Waals surface area contributed by atoms with Crippen LogP contribution < -0.4 is 10.6 Å². The van der Waals surface area contributed by atoms with E-state index >= 15 is 0 Å². The molecular formula is C11H17N5. The first-order valence-electron chi connectivity index (χ1n) is 5.34. The Morgan fingerprint density at radius 2 is 2.31 bits per heavy atom. The number of hydrogen-bond acceptors (Lipinski definition) is 4. The van der Waals surface area contributed by atoms with Gasteiger partial charge in [0.15, 0.2) is 0 Å². The Morgan fingerprint density at radius 1 is 1.56 bits per heavy atom. The number of likely N-dealkylation sites (N-methyl/N-ethyl adjacent to an activating group) is 1. The zero-order chi connectivity index (χ0) is 11.7. The highest BCUT2D eigenvalue weighted by Gasteiger charge is 2.15. The van der Waals surface area contributed by atoms with Crippen molar-refractivity contribution in [2.45, 2.75) is 13.0 Å². The van der Waals surface area contributed by atoms with Crippen molar-refractivity contribution in [1.82, 2.24) is 14.5 Å². The van der Waals surface area contributed by atoms with Crippen molar-refractivity contribution >= 4 is 17.0 Å². The van der Waals surface area contributed by atoms with Gasteiger partial charge in [0.1, 0.15) is 5.52 Å². The van der Waals surface area contributed by atoms with Crippen LogP contribution in [0.15, 0.2) is 18.5 Å². The largest absolute Gasteiger partial charge is 0.341 e. The fourth-order valence-electron chi connectivity index (χ4n) is 1.71. The SMILES string of the molecule is CC(CN)N(C)c1nc2cnccc2n1C. The number of rotatable bonds is 3. The monoisotopic (exact) mass is 219 g/mol. The van der Waals surface area contributed by atoms with Crippen molar-refractivity contribution in [3.8, 4) is 0 Å². The van der Waals surface area contributed by atoms with Gasteiger partial charge in [-0.15, -0.1) is 0 Å². The minimum Gasteiger partial charge on any atom is -0.341 e. The summed E-state index contributed by atoms with van der Waals surface area (Å²) >= 11 is 0. The molecule has 5 nitrogen and oxygen atoms in total. The van der Waals surface area contributed by atoms with Crippen LogP contribution in [0.3, 0.4) is 0 Å². The minimum absolute atomic E-state index is 0.267. The van der Waals surface area contributed by atoms with Gasteiger partial charge >= 0.3 is 0 Å². The van der Waals surface area contributed by atoms with Crippen molar-refractivity contribution in [1.29, 1.82) is 0 Å². The third-order valence-corrected chi connectivity index (χ3v) is 2.98. The van der Waals surface area contributed by atoms with Gasteiger partial charge in [0.05, 0.1) is 11.7 Å². The summed E-state index contributed by atoms with van der Waals surface area (Å²) in [5, 5.41) is 0. The first-order valence-corrected chi connectivity index (χ1v) is 5.34. The zero-order valence-corrected chi connectivity index (χ0v) is 9.88. The lowest BCUT2D eigenvalue weighted by Gasteiger charge is -2.24. The van der Waals surface area contributed by atoms with Gasteiger partial charge in [-0.25, -0.2) is 4.98 Å². The number of hydrogen-bond donors (Lipinski definition) is 1. The first kappa shape index (κ1) is 10.9. The quantitative estimate of drug-likeness (QED) is 0.827. The Kier molecular flexibility index (Phi) is 2.78. The van der Waals surface area contributed by atoms with Crippen molar-refractivity contribution in [2.75, 3.05) is 18.5 Å². The lowest BCUT2D eigenvalue weighted by molar-refractivity contribution is 0.666. The molecule has 0 aromatic carbocycles. The highest BCUT2D eigenvalue weighted by Crippen LogP contribution is 2.20. The normalized spacial score (nSPS) is 13.0. The van der Waals surface area contributed by atoms with Crippen LogP contribution in [-0.2, 0) is 7.05 Å². The number of imidazole rings is 1. The average molecular weight is 219 g/mol. The van der Waals surface area contributed by atoms with Crippen LogP contribution in [0, 0.1) is 0 Å². The maximum absolute atomic E-state index is 5.66. The van der Waals surface area contributed by atoms with E-state index in [0.717, 1.165) is 17.0 Å². The fourth-order valence-corrected chi connectivity index (χ4v) is 1.71. The number of aryl methyl sites for hydroxylation is 1. The van der Waals surface area contributed by atoms with E-state index in [2.05, 4.69) is 26.4 Å². The molecule has 0 aliphatic heterocycles. The summed E-state index contributed by atoms with van der Waals surface area (Å²) in [6.45, 7) is 2.69. The number of fused-ring (bicyclic) bond motifs is 1. The Morgan fingerprint density at radius 3 is 2.94 bits per heavy atom. The second-order valence-electron chi connectivity index (χ2n) is 4.03. The van der Waals surface area contributed by atoms with Crippen LogP contribution in [-0.4, -0.2) is 34.2 Å². The zero-order valence-electron chi connectivity index (χ0n) is 9.88. The van der Waals surface area contributed by atoms with E-state index in [1.807, 2.05) is 20.2 Å². The van der Waals surface area contributed by atoms with E-state index in [1.54, 1.807) is 12.4 Å². The smallest absolute Gasteiger partial charge is 0.206 e. The summed E-state index contributed by atoms with van der Waals surface area (Å²) in [5.41, 5.74) is 7.66. The van der Waals surface area contributed by atoms with Crippen molar-refractivity contribution < 1.29 is 0 Å². The van der Waals surface area contributed by atoms with E-state index in [1.165, 1.54) is 0 Å². The van der Waals surface area contributed by atoms with E-state index in [-0.39, 0.29) is 6.04 Å².